The summed E-state index contributed by atoms with van der Waals surface area (Å²) in [6.45, 7) is -0.236. The number of fused-ring (bicyclic) bond motifs is 1. The minimum absolute atomic E-state index is 0.00376. The van der Waals surface area contributed by atoms with Crippen molar-refractivity contribution < 1.29 is 18.3 Å². The van der Waals surface area contributed by atoms with Gasteiger partial charge in [-0.3, -0.25) is 4.79 Å². The van der Waals surface area contributed by atoms with Crippen molar-refractivity contribution in [2.75, 3.05) is 23.0 Å². The lowest BCUT2D eigenvalue weighted by Gasteiger charge is -2.25. The van der Waals surface area contributed by atoms with E-state index in [-0.39, 0.29) is 24.1 Å². The Balaban J connectivity index is 1.97. The van der Waals surface area contributed by atoms with Crippen molar-refractivity contribution in [3.05, 3.63) is 24.3 Å². The van der Waals surface area contributed by atoms with E-state index >= 15 is 0 Å². The van der Waals surface area contributed by atoms with Crippen LogP contribution in [0.25, 0.3) is 10.2 Å². The number of carboxylic acids is 1. The van der Waals surface area contributed by atoms with Gasteiger partial charge in [0.05, 0.1) is 21.7 Å². The van der Waals surface area contributed by atoms with Crippen LogP contribution < -0.4 is 4.90 Å². The SMILES string of the molecule is O=C(O)CN(c1nc2ccccc2s1)C1CCS(=O)(=O)C1. The van der Waals surface area contributed by atoms with Crippen molar-refractivity contribution in [3.8, 4) is 0 Å². The number of aliphatic carboxylic acids is 1. The van der Waals surface area contributed by atoms with Crippen LogP contribution in [0.15, 0.2) is 24.3 Å². The van der Waals surface area contributed by atoms with E-state index < -0.39 is 15.8 Å². The molecule has 2 heterocycles. The van der Waals surface area contributed by atoms with Crippen LogP contribution in [0.2, 0.25) is 0 Å². The molecule has 0 bridgehead atoms. The van der Waals surface area contributed by atoms with Gasteiger partial charge in [0, 0.05) is 6.04 Å². The first kappa shape index (κ1) is 14.3. The number of aromatic nitrogens is 1. The molecule has 0 aliphatic carbocycles. The lowest BCUT2D eigenvalue weighted by atomic mass is 10.2. The molecule has 1 unspecified atom stereocenters. The monoisotopic (exact) mass is 326 g/mol. The summed E-state index contributed by atoms with van der Waals surface area (Å²) in [5, 5.41) is 9.67. The maximum Gasteiger partial charge on any atom is 0.323 e. The quantitative estimate of drug-likeness (QED) is 0.913. The summed E-state index contributed by atoms with van der Waals surface area (Å²) in [7, 11) is -3.07. The molecule has 8 heteroatoms. The van der Waals surface area contributed by atoms with Gasteiger partial charge in [-0.1, -0.05) is 23.5 Å². The highest BCUT2D eigenvalue weighted by atomic mass is 32.2. The summed E-state index contributed by atoms with van der Waals surface area (Å²) in [5.74, 6) is -0.881. The number of para-hydroxylation sites is 1. The Morgan fingerprint density at radius 3 is 2.81 bits per heavy atom. The minimum Gasteiger partial charge on any atom is -0.480 e. The average molecular weight is 326 g/mol. The van der Waals surface area contributed by atoms with Crippen molar-refractivity contribution in [1.29, 1.82) is 0 Å². The van der Waals surface area contributed by atoms with Crippen LogP contribution in [-0.4, -0.2) is 48.6 Å². The van der Waals surface area contributed by atoms with Gasteiger partial charge in [0.1, 0.15) is 6.54 Å². The second-order valence-electron chi connectivity index (χ2n) is 5.04. The molecule has 1 aliphatic rings. The van der Waals surface area contributed by atoms with Crippen molar-refractivity contribution in [2.24, 2.45) is 0 Å². The number of hydrogen-bond donors (Lipinski definition) is 1. The number of thiazole rings is 1. The fourth-order valence-electron chi connectivity index (χ4n) is 2.50. The number of nitrogens with zero attached hydrogens (tertiary/aromatic N) is 2. The van der Waals surface area contributed by atoms with Crippen LogP contribution in [0.5, 0.6) is 0 Å². The average Bonchev–Trinajstić information content (AvgIpc) is 2.98. The molecule has 0 spiro atoms. The number of hydrogen-bond acceptors (Lipinski definition) is 6. The number of benzene rings is 1. The molecule has 2 aromatic rings. The smallest absolute Gasteiger partial charge is 0.323 e. The van der Waals surface area contributed by atoms with Crippen molar-refractivity contribution in [1.82, 2.24) is 4.98 Å². The highest BCUT2D eigenvalue weighted by Crippen LogP contribution is 2.32. The summed E-state index contributed by atoms with van der Waals surface area (Å²) in [6.07, 6.45) is 0.450. The molecular weight excluding hydrogens is 312 g/mol. The first-order chi connectivity index (χ1) is 9.94. The van der Waals surface area contributed by atoms with Crippen LogP contribution in [0, 0.1) is 0 Å². The van der Waals surface area contributed by atoms with Crippen molar-refractivity contribution in [3.63, 3.8) is 0 Å². The molecule has 0 saturated carbocycles. The Kier molecular flexibility index (Phi) is 3.58. The van der Waals surface area contributed by atoms with Gasteiger partial charge in [-0.2, -0.15) is 0 Å². The molecule has 6 nitrogen and oxygen atoms in total. The van der Waals surface area contributed by atoms with E-state index in [2.05, 4.69) is 4.98 Å². The number of sulfone groups is 1. The highest BCUT2D eigenvalue weighted by molar-refractivity contribution is 7.91. The van der Waals surface area contributed by atoms with Gasteiger partial charge in [0.15, 0.2) is 15.0 Å². The molecule has 1 aromatic carbocycles. The zero-order valence-electron chi connectivity index (χ0n) is 11.1. The van der Waals surface area contributed by atoms with Crippen LogP contribution in [0.3, 0.4) is 0 Å². The van der Waals surface area contributed by atoms with Gasteiger partial charge in [-0.05, 0) is 18.6 Å². The third-order valence-electron chi connectivity index (χ3n) is 3.48. The summed E-state index contributed by atoms with van der Waals surface area (Å²) in [6, 6.07) is 7.23. The molecular formula is C13H14N2O4S2. The van der Waals surface area contributed by atoms with Crippen molar-refractivity contribution >= 4 is 42.5 Å². The maximum atomic E-state index is 11.6. The molecule has 1 saturated heterocycles. The first-order valence-electron chi connectivity index (χ1n) is 6.49. The van der Waals surface area contributed by atoms with E-state index in [0.717, 1.165) is 10.2 Å². The van der Waals surface area contributed by atoms with E-state index in [9.17, 15) is 13.2 Å². The van der Waals surface area contributed by atoms with E-state index in [1.807, 2.05) is 24.3 Å². The fourth-order valence-corrected chi connectivity index (χ4v) is 5.27. The van der Waals surface area contributed by atoms with Gasteiger partial charge in [0.2, 0.25) is 0 Å². The zero-order chi connectivity index (χ0) is 15.0. The number of carbonyl (C=O) groups is 1. The van der Waals surface area contributed by atoms with Gasteiger partial charge in [0.25, 0.3) is 0 Å². The van der Waals surface area contributed by atoms with E-state index in [1.165, 1.54) is 11.3 Å². The maximum absolute atomic E-state index is 11.6. The Labute approximate surface area is 125 Å². The molecule has 0 radical (unpaired) electrons. The van der Waals surface area contributed by atoms with Gasteiger partial charge >= 0.3 is 5.97 Å². The van der Waals surface area contributed by atoms with Gasteiger partial charge in [-0.15, -0.1) is 0 Å². The number of carboxylic acid groups (broad SMARTS) is 1. The van der Waals surface area contributed by atoms with Crippen molar-refractivity contribution in [2.45, 2.75) is 12.5 Å². The summed E-state index contributed by atoms with van der Waals surface area (Å²) < 4.78 is 24.2. The highest BCUT2D eigenvalue weighted by Gasteiger charge is 2.34. The Hall–Kier alpha value is -1.67. The molecule has 21 heavy (non-hydrogen) atoms. The molecule has 1 atom stereocenters. The second-order valence-corrected chi connectivity index (χ2v) is 8.28. The number of anilines is 1. The van der Waals surface area contributed by atoms with E-state index in [1.54, 1.807) is 4.90 Å². The lowest BCUT2D eigenvalue weighted by Crippen LogP contribution is -2.40. The molecule has 1 N–H and O–H groups in total. The topological polar surface area (TPSA) is 87.6 Å². The zero-order valence-corrected chi connectivity index (χ0v) is 12.7. The Bertz CT molecular complexity index is 751. The molecule has 3 rings (SSSR count). The normalized spacial score (nSPS) is 20.7. The van der Waals surface area contributed by atoms with Gasteiger partial charge < -0.3 is 10.0 Å². The first-order valence-corrected chi connectivity index (χ1v) is 9.13. The third-order valence-corrected chi connectivity index (χ3v) is 6.31. The molecule has 1 aliphatic heterocycles. The minimum atomic E-state index is -3.07. The van der Waals surface area contributed by atoms with E-state index in [4.69, 9.17) is 5.11 Å². The molecule has 0 amide bonds. The predicted octanol–water partition coefficient (Wildman–Crippen LogP) is 1.37. The molecule has 1 aromatic heterocycles. The third kappa shape index (κ3) is 3.01. The lowest BCUT2D eigenvalue weighted by molar-refractivity contribution is -0.135. The van der Waals surface area contributed by atoms with Gasteiger partial charge in [-0.25, -0.2) is 13.4 Å². The fraction of sp³-hybridized carbons (Fsp3) is 0.385. The second kappa shape index (κ2) is 5.27. The predicted molar refractivity (Wildman–Crippen MR) is 81.7 cm³/mol. The standard InChI is InChI=1S/C13H14N2O4S2/c16-12(17)7-15(9-5-6-21(18,19)8-9)13-14-10-3-1-2-4-11(10)20-13/h1-4,9H,5-8H2,(H,16,17). The van der Waals surface area contributed by atoms with Crippen LogP contribution >= 0.6 is 11.3 Å². The van der Waals surface area contributed by atoms with Crippen LogP contribution in [0.1, 0.15) is 6.42 Å². The summed E-state index contributed by atoms with van der Waals surface area (Å²) in [5.41, 5.74) is 0.800. The number of rotatable bonds is 4. The largest absolute Gasteiger partial charge is 0.480 e. The molecule has 112 valence electrons. The van der Waals surface area contributed by atoms with Crippen LogP contribution in [0.4, 0.5) is 5.13 Å². The summed E-state index contributed by atoms with van der Waals surface area (Å²) >= 11 is 1.39. The molecule has 1 fully saturated rings. The Morgan fingerprint density at radius 1 is 1.43 bits per heavy atom. The van der Waals surface area contributed by atoms with E-state index in [0.29, 0.717) is 11.6 Å². The Morgan fingerprint density at radius 2 is 2.19 bits per heavy atom. The van der Waals surface area contributed by atoms with Crippen LogP contribution in [-0.2, 0) is 14.6 Å². The summed E-state index contributed by atoms with van der Waals surface area (Å²) in [4.78, 5) is 17.2.